The highest BCUT2D eigenvalue weighted by Crippen LogP contribution is 2.45. The van der Waals surface area contributed by atoms with Crippen molar-refractivity contribution in [3.05, 3.63) is 176 Å². The Morgan fingerprint density at radius 1 is 0.308 bits per heavy atom. The topological polar surface area (TPSA) is 48.5 Å². The van der Waals surface area contributed by atoms with Crippen molar-refractivity contribution in [2.24, 2.45) is 0 Å². The molecule has 0 N–H and O–H groups in total. The summed E-state index contributed by atoms with van der Waals surface area (Å²) in [4.78, 5) is 15.0. The molecule has 52 heavy (non-hydrogen) atoms. The van der Waals surface area contributed by atoms with Gasteiger partial charge in [-0.3, -0.25) is 0 Å². The SMILES string of the molecule is c1ccc(-c2nc(-c3ccccc3)nc(-c3cccc(-n4c5cccc6ccc7c8c9ccccc9n(-c9ccccc9)c8cc4c7c65)c3)n2)cc1. The molecule has 0 amide bonds. The quantitative estimate of drug-likeness (QED) is 0.172. The van der Waals surface area contributed by atoms with Crippen molar-refractivity contribution in [3.8, 4) is 45.5 Å². The van der Waals surface area contributed by atoms with Crippen molar-refractivity contribution in [2.45, 2.75) is 0 Å². The summed E-state index contributed by atoms with van der Waals surface area (Å²) in [6, 6.07) is 61.9. The van der Waals surface area contributed by atoms with Crippen molar-refractivity contribution in [3.63, 3.8) is 0 Å². The van der Waals surface area contributed by atoms with Crippen LogP contribution in [0.4, 0.5) is 0 Å². The molecule has 0 fully saturated rings. The summed E-state index contributed by atoms with van der Waals surface area (Å²) in [5.74, 6) is 1.93. The van der Waals surface area contributed by atoms with Crippen LogP contribution in [0.25, 0.3) is 99.9 Å². The van der Waals surface area contributed by atoms with Gasteiger partial charge in [0.25, 0.3) is 0 Å². The van der Waals surface area contributed by atoms with Crippen molar-refractivity contribution < 1.29 is 0 Å². The third-order valence-electron chi connectivity index (χ3n) is 10.3. The smallest absolute Gasteiger partial charge is 0.164 e. The van der Waals surface area contributed by atoms with Crippen LogP contribution in [-0.4, -0.2) is 24.1 Å². The Kier molecular flexibility index (Phi) is 6.18. The Hall–Kier alpha value is -7.11. The fourth-order valence-electron chi connectivity index (χ4n) is 8.06. The zero-order valence-corrected chi connectivity index (χ0v) is 28.0. The minimum absolute atomic E-state index is 0.634. The van der Waals surface area contributed by atoms with Gasteiger partial charge in [-0.1, -0.05) is 133 Å². The lowest BCUT2D eigenvalue weighted by Gasteiger charge is -2.12. The molecule has 5 heteroatoms. The van der Waals surface area contributed by atoms with Gasteiger partial charge in [-0.15, -0.1) is 0 Å². The monoisotopic (exact) mass is 663 g/mol. The first-order valence-corrected chi connectivity index (χ1v) is 17.5. The van der Waals surface area contributed by atoms with Crippen LogP contribution in [0.2, 0.25) is 0 Å². The van der Waals surface area contributed by atoms with Gasteiger partial charge in [0, 0.05) is 49.6 Å². The van der Waals surface area contributed by atoms with E-state index in [4.69, 9.17) is 15.0 Å². The van der Waals surface area contributed by atoms with Crippen LogP contribution in [-0.2, 0) is 0 Å². The molecule has 0 unspecified atom stereocenters. The third kappa shape index (κ3) is 4.26. The van der Waals surface area contributed by atoms with E-state index in [1.54, 1.807) is 0 Å². The summed E-state index contributed by atoms with van der Waals surface area (Å²) in [6.07, 6.45) is 0. The fourth-order valence-corrected chi connectivity index (χ4v) is 8.06. The second-order valence-electron chi connectivity index (χ2n) is 13.3. The van der Waals surface area contributed by atoms with Gasteiger partial charge in [-0.25, -0.2) is 15.0 Å². The normalized spacial score (nSPS) is 11.8. The lowest BCUT2D eigenvalue weighted by atomic mass is 9.98. The molecule has 5 nitrogen and oxygen atoms in total. The number of benzene rings is 8. The number of fused-ring (bicyclic) bond motifs is 4. The minimum Gasteiger partial charge on any atom is -0.309 e. The number of aromatic nitrogens is 5. The Morgan fingerprint density at radius 2 is 0.846 bits per heavy atom. The van der Waals surface area contributed by atoms with Crippen LogP contribution in [0.15, 0.2) is 176 Å². The summed E-state index contributed by atoms with van der Waals surface area (Å²) < 4.78 is 4.82. The maximum absolute atomic E-state index is 5.05. The zero-order chi connectivity index (χ0) is 34.2. The number of nitrogens with zero attached hydrogens (tertiary/aromatic N) is 5. The van der Waals surface area contributed by atoms with Crippen molar-refractivity contribution in [1.29, 1.82) is 0 Å². The number of hydrogen-bond donors (Lipinski definition) is 0. The van der Waals surface area contributed by atoms with Crippen molar-refractivity contribution in [1.82, 2.24) is 24.1 Å². The van der Waals surface area contributed by atoms with Gasteiger partial charge >= 0.3 is 0 Å². The molecule has 0 aliphatic heterocycles. The van der Waals surface area contributed by atoms with E-state index in [1.807, 2.05) is 60.7 Å². The van der Waals surface area contributed by atoms with E-state index < -0.39 is 0 Å². The standard InChI is InChI=1S/C47H29N5/c1-4-14-31(15-5-1)45-48-46(32-16-6-2-7-17-32)50-47(49-45)33-19-12-22-35(28-33)52-39-25-13-18-30-26-27-37-43-36-23-10-11-24-38(36)51(34-20-8-3-9-21-34)40(43)29-41(52)44(37)42(30)39/h1-29H. The maximum Gasteiger partial charge on any atom is 0.164 e. The Morgan fingerprint density at radius 3 is 1.58 bits per heavy atom. The number of hydrogen-bond acceptors (Lipinski definition) is 3. The molecule has 0 aliphatic rings. The summed E-state index contributed by atoms with van der Waals surface area (Å²) >= 11 is 0. The molecule has 0 atom stereocenters. The van der Waals surface area contributed by atoms with E-state index in [1.165, 1.54) is 48.9 Å². The van der Waals surface area contributed by atoms with Gasteiger partial charge in [-0.05, 0) is 53.2 Å². The first-order valence-electron chi connectivity index (χ1n) is 17.5. The molecule has 3 heterocycles. The summed E-state index contributed by atoms with van der Waals surface area (Å²) in [5.41, 5.74) is 9.73. The highest BCUT2D eigenvalue weighted by Gasteiger charge is 2.23. The van der Waals surface area contributed by atoms with E-state index in [0.29, 0.717) is 17.5 Å². The summed E-state index contributed by atoms with van der Waals surface area (Å²) in [6.45, 7) is 0. The molecule has 11 aromatic rings. The second kappa shape index (κ2) is 11.2. The Balaban J connectivity index is 1.20. The van der Waals surface area contributed by atoms with E-state index in [2.05, 4.69) is 124 Å². The molecule has 0 saturated carbocycles. The van der Waals surface area contributed by atoms with Crippen LogP contribution in [0, 0.1) is 0 Å². The minimum atomic E-state index is 0.634. The molecular formula is C47H29N5. The van der Waals surface area contributed by atoms with Crippen LogP contribution in [0.5, 0.6) is 0 Å². The van der Waals surface area contributed by atoms with E-state index in [0.717, 1.165) is 33.6 Å². The lowest BCUT2D eigenvalue weighted by molar-refractivity contribution is 1.07. The van der Waals surface area contributed by atoms with Gasteiger partial charge in [0.2, 0.25) is 0 Å². The molecule has 8 aromatic carbocycles. The zero-order valence-electron chi connectivity index (χ0n) is 28.0. The first-order chi connectivity index (χ1) is 25.8. The van der Waals surface area contributed by atoms with E-state index in [-0.39, 0.29) is 0 Å². The van der Waals surface area contributed by atoms with Crippen molar-refractivity contribution in [2.75, 3.05) is 0 Å². The van der Waals surface area contributed by atoms with Gasteiger partial charge in [0.05, 0.1) is 22.1 Å². The average Bonchev–Trinajstić information content (AvgIpc) is 3.74. The molecule has 0 bridgehead atoms. The molecule has 242 valence electrons. The van der Waals surface area contributed by atoms with E-state index in [9.17, 15) is 0 Å². The van der Waals surface area contributed by atoms with Crippen LogP contribution >= 0.6 is 0 Å². The molecule has 0 aliphatic carbocycles. The van der Waals surface area contributed by atoms with Gasteiger partial charge in [0.1, 0.15) is 0 Å². The largest absolute Gasteiger partial charge is 0.309 e. The van der Waals surface area contributed by atoms with E-state index >= 15 is 0 Å². The maximum atomic E-state index is 5.05. The van der Waals surface area contributed by atoms with Gasteiger partial charge in [0.15, 0.2) is 17.5 Å². The molecular weight excluding hydrogens is 635 g/mol. The van der Waals surface area contributed by atoms with Crippen LogP contribution < -0.4 is 0 Å². The van der Waals surface area contributed by atoms with Crippen LogP contribution in [0.1, 0.15) is 0 Å². The molecule has 0 radical (unpaired) electrons. The molecule has 0 spiro atoms. The second-order valence-corrected chi connectivity index (χ2v) is 13.3. The van der Waals surface area contributed by atoms with Gasteiger partial charge in [-0.2, -0.15) is 0 Å². The Labute approximate surface area is 299 Å². The molecule has 3 aromatic heterocycles. The van der Waals surface area contributed by atoms with Crippen LogP contribution in [0.3, 0.4) is 0 Å². The predicted molar refractivity (Wildman–Crippen MR) is 214 cm³/mol. The number of rotatable bonds is 5. The first kappa shape index (κ1) is 28.7. The van der Waals surface area contributed by atoms with Gasteiger partial charge < -0.3 is 9.13 Å². The third-order valence-corrected chi connectivity index (χ3v) is 10.3. The lowest BCUT2D eigenvalue weighted by Crippen LogP contribution is -2.01. The highest BCUT2D eigenvalue weighted by atomic mass is 15.0. The summed E-state index contributed by atoms with van der Waals surface area (Å²) in [7, 11) is 0. The molecule has 11 rings (SSSR count). The van der Waals surface area contributed by atoms with Crippen molar-refractivity contribution >= 4 is 54.4 Å². The average molecular weight is 664 g/mol. The highest BCUT2D eigenvalue weighted by molar-refractivity contribution is 6.33. The summed E-state index contributed by atoms with van der Waals surface area (Å²) in [5, 5.41) is 7.57. The Bertz CT molecular complexity index is 3050. The molecule has 0 saturated heterocycles. The number of para-hydroxylation sites is 2. The predicted octanol–water partition coefficient (Wildman–Crippen LogP) is 11.7. The fraction of sp³-hybridized carbons (Fsp3) is 0.